The highest BCUT2D eigenvalue weighted by Gasteiger charge is 2.44. The fourth-order valence-corrected chi connectivity index (χ4v) is 5.45. The van der Waals surface area contributed by atoms with Crippen molar-refractivity contribution >= 4 is 5.91 Å². The standard InChI is InChI=1S/C22H27NO3/c24-22(23-11-3-4-12-23)21-17-6-2-1-5-15(17)7-9-18(21)16-8-10-19-20(13-16)26-14-25-19/h7-10,13,15,17-18,21H,1-6,11-12,14H2/t15-,17-,18-,21+/m0/s1. The first-order valence-electron chi connectivity index (χ1n) is 10.2. The molecule has 0 spiro atoms. The minimum absolute atomic E-state index is 0.0729. The van der Waals surface area contributed by atoms with E-state index in [2.05, 4.69) is 29.2 Å². The lowest BCUT2D eigenvalue weighted by Gasteiger charge is -2.43. The van der Waals surface area contributed by atoms with Gasteiger partial charge in [-0.25, -0.2) is 0 Å². The van der Waals surface area contributed by atoms with Gasteiger partial charge in [0.25, 0.3) is 0 Å². The second-order valence-electron chi connectivity index (χ2n) is 8.19. The predicted octanol–water partition coefficient (Wildman–Crippen LogP) is 4.11. The molecule has 2 aliphatic heterocycles. The van der Waals surface area contributed by atoms with Crippen molar-refractivity contribution in [2.75, 3.05) is 19.9 Å². The van der Waals surface area contributed by atoms with Gasteiger partial charge in [0, 0.05) is 19.0 Å². The first-order valence-corrected chi connectivity index (χ1v) is 10.2. The van der Waals surface area contributed by atoms with Crippen molar-refractivity contribution in [2.24, 2.45) is 17.8 Å². The zero-order valence-corrected chi connectivity index (χ0v) is 15.2. The number of fused-ring (bicyclic) bond motifs is 2. The average Bonchev–Trinajstić information content (AvgIpc) is 3.37. The van der Waals surface area contributed by atoms with Crippen LogP contribution in [0, 0.1) is 17.8 Å². The lowest BCUT2D eigenvalue weighted by Crippen LogP contribution is -2.44. The van der Waals surface area contributed by atoms with Crippen molar-refractivity contribution in [3.05, 3.63) is 35.9 Å². The molecular weight excluding hydrogens is 326 g/mol. The summed E-state index contributed by atoms with van der Waals surface area (Å²) in [5, 5.41) is 0. The number of allylic oxidation sites excluding steroid dienone is 2. The van der Waals surface area contributed by atoms with E-state index >= 15 is 0 Å². The van der Waals surface area contributed by atoms with Crippen molar-refractivity contribution in [2.45, 2.75) is 44.4 Å². The van der Waals surface area contributed by atoms with Gasteiger partial charge in [0.2, 0.25) is 12.7 Å². The van der Waals surface area contributed by atoms with Crippen LogP contribution in [0.4, 0.5) is 0 Å². The highest BCUT2D eigenvalue weighted by atomic mass is 16.7. The van der Waals surface area contributed by atoms with Gasteiger partial charge in [0.15, 0.2) is 11.5 Å². The number of amides is 1. The van der Waals surface area contributed by atoms with E-state index in [0.717, 1.165) is 37.4 Å². The summed E-state index contributed by atoms with van der Waals surface area (Å²) in [6, 6.07) is 6.20. The number of likely N-dealkylation sites (tertiary alicyclic amines) is 1. The molecule has 4 atom stereocenters. The summed E-state index contributed by atoms with van der Waals surface area (Å²) in [5.74, 6) is 3.29. The van der Waals surface area contributed by atoms with Crippen LogP contribution in [0.5, 0.6) is 11.5 Å². The summed E-state index contributed by atoms with van der Waals surface area (Å²) in [4.78, 5) is 15.6. The Labute approximate surface area is 155 Å². The van der Waals surface area contributed by atoms with Gasteiger partial charge in [0.05, 0.1) is 5.92 Å². The molecule has 0 N–H and O–H groups in total. The van der Waals surface area contributed by atoms with E-state index in [1.807, 2.05) is 6.07 Å². The van der Waals surface area contributed by atoms with Crippen LogP contribution < -0.4 is 9.47 Å². The Hall–Kier alpha value is -1.97. The maximum Gasteiger partial charge on any atom is 0.231 e. The molecule has 2 heterocycles. The molecule has 0 unspecified atom stereocenters. The molecule has 5 rings (SSSR count). The number of benzene rings is 1. The van der Waals surface area contributed by atoms with Gasteiger partial charge in [0.1, 0.15) is 0 Å². The number of ether oxygens (including phenoxy) is 2. The van der Waals surface area contributed by atoms with E-state index in [1.54, 1.807) is 0 Å². The largest absolute Gasteiger partial charge is 0.454 e. The van der Waals surface area contributed by atoms with E-state index in [1.165, 1.54) is 31.2 Å². The first-order chi connectivity index (χ1) is 12.8. The molecule has 1 aromatic carbocycles. The number of nitrogens with zero attached hydrogens (tertiary/aromatic N) is 1. The van der Waals surface area contributed by atoms with Crippen molar-refractivity contribution in [1.29, 1.82) is 0 Å². The Morgan fingerprint density at radius 2 is 1.77 bits per heavy atom. The van der Waals surface area contributed by atoms with Crippen LogP contribution in [-0.4, -0.2) is 30.7 Å². The third kappa shape index (κ3) is 2.70. The van der Waals surface area contributed by atoms with E-state index in [9.17, 15) is 4.79 Å². The molecule has 4 aliphatic rings. The van der Waals surface area contributed by atoms with Crippen molar-refractivity contribution in [3.63, 3.8) is 0 Å². The smallest absolute Gasteiger partial charge is 0.231 e. The van der Waals surface area contributed by atoms with Gasteiger partial charge < -0.3 is 14.4 Å². The zero-order valence-electron chi connectivity index (χ0n) is 15.2. The molecule has 1 amide bonds. The number of hydrogen-bond acceptors (Lipinski definition) is 3. The van der Waals surface area contributed by atoms with Crippen LogP contribution in [0.15, 0.2) is 30.4 Å². The molecule has 2 aliphatic carbocycles. The topological polar surface area (TPSA) is 38.8 Å². The van der Waals surface area contributed by atoms with Crippen LogP contribution in [0.1, 0.15) is 50.0 Å². The second-order valence-corrected chi connectivity index (χ2v) is 8.19. The molecule has 0 radical (unpaired) electrons. The van der Waals surface area contributed by atoms with Gasteiger partial charge in [-0.05, 0) is 55.2 Å². The molecule has 1 saturated heterocycles. The van der Waals surface area contributed by atoms with E-state index in [-0.39, 0.29) is 11.8 Å². The molecule has 4 nitrogen and oxygen atoms in total. The lowest BCUT2D eigenvalue weighted by molar-refractivity contribution is -0.138. The van der Waals surface area contributed by atoms with Gasteiger partial charge >= 0.3 is 0 Å². The number of hydrogen-bond donors (Lipinski definition) is 0. The van der Waals surface area contributed by atoms with Gasteiger partial charge in [-0.2, -0.15) is 0 Å². The fraction of sp³-hybridized carbons (Fsp3) is 0.591. The van der Waals surface area contributed by atoms with Crippen LogP contribution >= 0.6 is 0 Å². The Kier molecular flexibility index (Phi) is 4.14. The lowest BCUT2D eigenvalue weighted by atomic mass is 9.63. The van der Waals surface area contributed by atoms with Crippen molar-refractivity contribution in [3.8, 4) is 11.5 Å². The van der Waals surface area contributed by atoms with Gasteiger partial charge in [-0.15, -0.1) is 0 Å². The van der Waals surface area contributed by atoms with Crippen LogP contribution in [0.25, 0.3) is 0 Å². The fourth-order valence-electron chi connectivity index (χ4n) is 5.45. The number of rotatable bonds is 2. The summed E-state index contributed by atoms with van der Waals surface area (Å²) in [5.41, 5.74) is 1.19. The summed E-state index contributed by atoms with van der Waals surface area (Å²) >= 11 is 0. The Bertz CT molecular complexity index is 722. The summed E-state index contributed by atoms with van der Waals surface area (Å²) < 4.78 is 11.1. The molecule has 0 aromatic heterocycles. The maximum absolute atomic E-state index is 13.5. The molecule has 4 heteroatoms. The van der Waals surface area contributed by atoms with Gasteiger partial charge in [-0.1, -0.05) is 31.1 Å². The molecule has 138 valence electrons. The first kappa shape index (κ1) is 16.2. The highest BCUT2D eigenvalue weighted by Crippen LogP contribution is 2.48. The molecular formula is C22H27NO3. The predicted molar refractivity (Wildman–Crippen MR) is 99.2 cm³/mol. The normalized spacial score (nSPS) is 32.5. The number of carbonyl (C=O) groups excluding carboxylic acids is 1. The highest BCUT2D eigenvalue weighted by molar-refractivity contribution is 5.81. The minimum Gasteiger partial charge on any atom is -0.454 e. The Morgan fingerprint density at radius 3 is 2.65 bits per heavy atom. The van der Waals surface area contributed by atoms with Crippen molar-refractivity contribution in [1.82, 2.24) is 4.90 Å². The SMILES string of the molecule is O=C([C@@H]1[C@H]2CCCC[C@H]2C=C[C@H]1c1ccc2c(c1)OCO2)N1CCCC1. The molecule has 1 saturated carbocycles. The van der Waals surface area contributed by atoms with Crippen LogP contribution in [0.3, 0.4) is 0 Å². The van der Waals surface area contributed by atoms with E-state index in [4.69, 9.17) is 9.47 Å². The zero-order chi connectivity index (χ0) is 17.5. The summed E-state index contributed by atoms with van der Waals surface area (Å²) in [6.45, 7) is 2.16. The molecule has 1 aromatic rings. The monoisotopic (exact) mass is 353 g/mol. The third-order valence-electron chi connectivity index (χ3n) is 6.77. The number of carbonyl (C=O) groups is 1. The van der Waals surface area contributed by atoms with Crippen molar-refractivity contribution < 1.29 is 14.3 Å². The van der Waals surface area contributed by atoms with E-state index < -0.39 is 0 Å². The summed E-state index contributed by atoms with van der Waals surface area (Å²) in [6.07, 6.45) is 12.0. The summed E-state index contributed by atoms with van der Waals surface area (Å²) in [7, 11) is 0. The molecule has 2 fully saturated rings. The Morgan fingerprint density at radius 1 is 0.962 bits per heavy atom. The third-order valence-corrected chi connectivity index (χ3v) is 6.77. The van der Waals surface area contributed by atoms with Crippen LogP contribution in [-0.2, 0) is 4.79 Å². The van der Waals surface area contributed by atoms with Crippen LogP contribution in [0.2, 0.25) is 0 Å². The maximum atomic E-state index is 13.5. The second kappa shape index (κ2) is 6.64. The minimum atomic E-state index is 0.0729. The molecule has 0 bridgehead atoms. The Balaban J connectivity index is 1.51. The average molecular weight is 353 g/mol. The van der Waals surface area contributed by atoms with Gasteiger partial charge in [-0.3, -0.25) is 4.79 Å². The quantitative estimate of drug-likeness (QED) is 0.751. The van der Waals surface area contributed by atoms with E-state index in [0.29, 0.717) is 24.5 Å². The molecule has 26 heavy (non-hydrogen) atoms.